The number of hydrogen-bond acceptors (Lipinski definition) is 4. The first kappa shape index (κ1) is 17.2. The SMILES string of the molecule is Cl.O=C(Nc1ncc(Cc2ccccc2Cl)s1)C1CCNC1. The quantitative estimate of drug-likeness (QED) is 0.881. The van der Waals surface area contributed by atoms with Gasteiger partial charge in [0.25, 0.3) is 0 Å². The van der Waals surface area contributed by atoms with Crippen LogP contribution in [-0.2, 0) is 11.2 Å². The van der Waals surface area contributed by atoms with Crippen LogP contribution in [0, 0.1) is 5.92 Å². The highest BCUT2D eigenvalue weighted by molar-refractivity contribution is 7.15. The van der Waals surface area contributed by atoms with Crippen molar-refractivity contribution in [3.05, 3.63) is 45.9 Å². The Morgan fingerprint density at radius 1 is 1.45 bits per heavy atom. The fourth-order valence-electron chi connectivity index (χ4n) is 2.36. The lowest BCUT2D eigenvalue weighted by molar-refractivity contribution is -0.119. The van der Waals surface area contributed by atoms with E-state index in [2.05, 4.69) is 15.6 Å². The monoisotopic (exact) mass is 357 g/mol. The molecule has 118 valence electrons. The Labute approximate surface area is 144 Å². The van der Waals surface area contributed by atoms with Gasteiger partial charge in [0.05, 0.1) is 5.92 Å². The number of aromatic nitrogens is 1. The molecule has 0 saturated carbocycles. The molecule has 0 radical (unpaired) electrons. The van der Waals surface area contributed by atoms with Crippen molar-refractivity contribution in [3.63, 3.8) is 0 Å². The molecule has 1 atom stereocenters. The van der Waals surface area contributed by atoms with Crippen LogP contribution in [0.15, 0.2) is 30.5 Å². The molecule has 2 aromatic rings. The van der Waals surface area contributed by atoms with Crippen LogP contribution in [0.1, 0.15) is 16.9 Å². The molecule has 3 rings (SSSR count). The summed E-state index contributed by atoms with van der Waals surface area (Å²) in [6.45, 7) is 1.66. The molecule has 4 nitrogen and oxygen atoms in total. The number of benzene rings is 1. The second-order valence-electron chi connectivity index (χ2n) is 5.08. The number of anilines is 1. The first-order valence-electron chi connectivity index (χ1n) is 6.92. The summed E-state index contributed by atoms with van der Waals surface area (Å²) in [6, 6.07) is 7.77. The zero-order valence-electron chi connectivity index (χ0n) is 11.8. The highest BCUT2D eigenvalue weighted by Gasteiger charge is 2.23. The van der Waals surface area contributed by atoms with Crippen molar-refractivity contribution in [1.82, 2.24) is 10.3 Å². The lowest BCUT2D eigenvalue weighted by Gasteiger charge is -2.06. The van der Waals surface area contributed by atoms with E-state index in [1.54, 1.807) is 6.20 Å². The minimum atomic E-state index is 0. The third-order valence-corrected chi connectivity index (χ3v) is 4.82. The summed E-state index contributed by atoms with van der Waals surface area (Å²) in [6.07, 6.45) is 3.43. The Morgan fingerprint density at radius 2 is 2.27 bits per heavy atom. The smallest absolute Gasteiger partial charge is 0.230 e. The van der Waals surface area contributed by atoms with E-state index in [-0.39, 0.29) is 24.2 Å². The fourth-order valence-corrected chi connectivity index (χ4v) is 3.40. The van der Waals surface area contributed by atoms with E-state index in [0.717, 1.165) is 41.4 Å². The van der Waals surface area contributed by atoms with Crippen LogP contribution in [0.3, 0.4) is 0 Å². The molecular formula is C15H17Cl2N3OS. The molecule has 22 heavy (non-hydrogen) atoms. The van der Waals surface area contributed by atoms with Crippen LogP contribution in [0.4, 0.5) is 5.13 Å². The molecule has 1 unspecified atom stereocenters. The van der Waals surface area contributed by atoms with E-state index >= 15 is 0 Å². The molecule has 1 saturated heterocycles. The summed E-state index contributed by atoms with van der Waals surface area (Å²) < 4.78 is 0. The molecule has 1 aromatic heterocycles. The maximum absolute atomic E-state index is 12.0. The van der Waals surface area contributed by atoms with Crippen LogP contribution in [0.25, 0.3) is 0 Å². The van der Waals surface area contributed by atoms with Gasteiger partial charge in [-0.25, -0.2) is 4.98 Å². The van der Waals surface area contributed by atoms with Gasteiger partial charge in [-0.2, -0.15) is 0 Å². The molecule has 1 aliphatic heterocycles. The van der Waals surface area contributed by atoms with E-state index in [4.69, 9.17) is 11.6 Å². The molecule has 0 aliphatic carbocycles. The van der Waals surface area contributed by atoms with Crippen LogP contribution in [0.2, 0.25) is 5.02 Å². The highest BCUT2D eigenvalue weighted by Crippen LogP contribution is 2.25. The minimum absolute atomic E-state index is 0. The summed E-state index contributed by atoms with van der Waals surface area (Å²) in [5.74, 6) is 0.111. The summed E-state index contributed by atoms with van der Waals surface area (Å²) >= 11 is 7.66. The summed E-state index contributed by atoms with van der Waals surface area (Å²) in [4.78, 5) is 17.4. The molecule has 1 aliphatic rings. The standard InChI is InChI=1S/C15H16ClN3OS.ClH/c16-13-4-2-1-3-10(13)7-12-9-18-15(21-12)19-14(20)11-5-6-17-8-11;/h1-4,9,11,17H,5-8H2,(H,18,19,20);1H. The summed E-state index contributed by atoms with van der Waals surface area (Å²) in [5, 5.41) is 7.51. The Balaban J connectivity index is 0.00000176. The topological polar surface area (TPSA) is 54.0 Å². The number of carbonyl (C=O) groups is 1. The van der Waals surface area contributed by atoms with E-state index in [9.17, 15) is 4.79 Å². The number of hydrogen-bond donors (Lipinski definition) is 2. The molecule has 0 spiro atoms. The maximum Gasteiger partial charge on any atom is 0.230 e. The Morgan fingerprint density at radius 3 is 3.00 bits per heavy atom. The number of nitrogens with zero attached hydrogens (tertiary/aromatic N) is 1. The molecule has 2 N–H and O–H groups in total. The van der Waals surface area contributed by atoms with E-state index < -0.39 is 0 Å². The van der Waals surface area contributed by atoms with Gasteiger partial charge < -0.3 is 10.6 Å². The maximum atomic E-state index is 12.0. The average molecular weight is 358 g/mol. The number of carbonyl (C=O) groups excluding carboxylic acids is 1. The first-order chi connectivity index (χ1) is 10.2. The normalized spacial score (nSPS) is 17.0. The van der Waals surface area contributed by atoms with Crippen molar-refractivity contribution in [2.45, 2.75) is 12.8 Å². The second-order valence-corrected chi connectivity index (χ2v) is 6.60. The van der Waals surface area contributed by atoms with E-state index in [1.165, 1.54) is 11.3 Å². The molecule has 1 fully saturated rings. The first-order valence-corrected chi connectivity index (χ1v) is 8.11. The van der Waals surface area contributed by atoms with Crippen LogP contribution in [-0.4, -0.2) is 24.0 Å². The lowest BCUT2D eigenvalue weighted by atomic mass is 10.1. The number of halogens is 2. The average Bonchev–Trinajstić information content (AvgIpc) is 3.13. The summed E-state index contributed by atoms with van der Waals surface area (Å²) in [5.41, 5.74) is 1.07. The van der Waals surface area contributed by atoms with E-state index in [1.807, 2.05) is 24.3 Å². The number of thiazole rings is 1. The minimum Gasteiger partial charge on any atom is -0.316 e. The van der Waals surface area contributed by atoms with Crippen LogP contribution < -0.4 is 10.6 Å². The molecule has 1 aromatic carbocycles. The number of amides is 1. The Kier molecular flexibility index (Phi) is 6.20. The molecule has 1 amide bonds. The predicted molar refractivity (Wildman–Crippen MR) is 93.2 cm³/mol. The van der Waals surface area contributed by atoms with Crippen molar-refractivity contribution < 1.29 is 4.79 Å². The number of nitrogens with one attached hydrogen (secondary N) is 2. The van der Waals surface area contributed by atoms with E-state index in [0.29, 0.717) is 5.13 Å². The van der Waals surface area contributed by atoms with Gasteiger partial charge in [0.1, 0.15) is 0 Å². The second kappa shape index (κ2) is 7.92. The highest BCUT2D eigenvalue weighted by atomic mass is 35.5. The van der Waals surface area contributed by atoms with Gasteiger partial charge in [-0.1, -0.05) is 29.8 Å². The molecular weight excluding hydrogens is 341 g/mol. The largest absolute Gasteiger partial charge is 0.316 e. The fraction of sp³-hybridized carbons (Fsp3) is 0.333. The van der Waals surface area contributed by atoms with Gasteiger partial charge >= 0.3 is 0 Å². The predicted octanol–water partition coefficient (Wildman–Crippen LogP) is 3.36. The van der Waals surface area contributed by atoms with Gasteiger partial charge in [-0.3, -0.25) is 4.79 Å². The molecule has 7 heteroatoms. The van der Waals surface area contributed by atoms with Crippen LogP contribution >= 0.6 is 35.3 Å². The van der Waals surface area contributed by atoms with Gasteiger partial charge in [0.15, 0.2) is 5.13 Å². The number of rotatable bonds is 4. The van der Waals surface area contributed by atoms with Crippen molar-refractivity contribution >= 4 is 46.4 Å². The third kappa shape index (κ3) is 4.20. The zero-order valence-corrected chi connectivity index (χ0v) is 14.2. The van der Waals surface area contributed by atoms with Gasteiger partial charge in [0, 0.05) is 29.1 Å². The van der Waals surface area contributed by atoms with Gasteiger partial charge in [-0.05, 0) is 24.6 Å². The van der Waals surface area contributed by atoms with Crippen LogP contribution in [0.5, 0.6) is 0 Å². The van der Waals surface area contributed by atoms with Gasteiger partial charge in [-0.15, -0.1) is 23.7 Å². The molecule has 2 heterocycles. The van der Waals surface area contributed by atoms with Crippen molar-refractivity contribution in [2.75, 3.05) is 18.4 Å². The third-order valence-electron chi connectivity index (χ3n) is 3.54. The van der Waals surface area contributed by atoms with Gasteiger partial charge in [0.2, 0.25) is 5.91 Å². The Bertz CT molecular complexity index is 641. The van der Waals surface area contributed by atoms with Crippen molar-refractivity contribution in [1.29, 1.82) is 0 Å². The summed E-state index contributed by atoms with van der Waals surface area (Å²) in [7, 11) is 0. The Hall–Kier alpha value is -1.14. The molecule has 0 bridgehead atoms. The van der Waals surface area contributed by atoms with Crippen molar-refractivity contribution in [3.8, 4) is 0 Å². The lowest BCUT2D eigenvalue weighted by Crippen LogP contribution is -2.24. The zero-order chi connectivity index (χ0) is 14.7. The van der Waals surface area contributed by atoms with Crippen molar-refractivity contribution in [2.24, 2.45) is 5.92 Å².